The van der Waals surface area contributed by atoms with Crippen LogP contribution >= 0.6 is 0 Å². The molecule has 2 aliphatic carbocycles. The molecule has 5 atom stereocenters. The SMILES string of the molecule is Cc1cccc(C[C@H](O)C=C[C@@H]2[C@H]3CC(CCCCC(=O)Nc4ccccn4)=C[C@H]3C[C@H]2O)c1. The van der Waals surface area contributed by atoms with E-state index in [0.717, 1.165) is 37.7 Å². The third-order valence-electron chi connectivity index (χ3n) is 7.12. The summed E-state index contributed by atoms with van der Waals surface area (Å²) in [5.74, 6) is 1.53. The number of aliphatic hydroxyl groups excluding tert-OH is 2. The van der Waals surface area contributed by atoms with Crippen molar-refractivity contribution in [1.82, 2.24) is 4.98 Å². The van der Waals surface area contributed by atoms with Gasteiger partial charge < -0.3 is 15.5 Å². The molecule has 4 rings (SSSR count). The fraction of sp³-hybridized carbons (Fsp3) is 0.448. The molecule has 1 aromatic carbocycles. The van der Waals surface area contributed by atoms with Gasteiger partial charge in [0.15, 0.2) is 0 Å². The topological polar surface area (TPSA) is 82.5 Å². The molecule has 2 aromatic rings. The van der Waals surface area contributed by atoms with Crippen molar-refractivity contribution in [3.8, 4) is 0 Å². The number of rotatable bonds is 10. The highest BCUT2D eigenvalue weighted by Crippen LogP contribution is 2.48. The van der Waals surface area contributed by atoms with Gasteiger partial charge in [-0.2, -0.15) is 0 Å². The van der Waals surface area contributed by atoms with Gasteiger partial charge in [0.1, 0.15) is 5.82 Å². The highest BCUT2D eigenvalue weighted by molar-refractivity contribution is 5.89. The maximum Gasteiger partial charge on any atom is 0.225 e. The van der Waals surface area contributed by atoms with Crippen LogP contribution in [0, 0.1) is 24.7 Å². The van der Waals surface area contributed by atoms with Crippen LogP contribution in [0.5, 0.6) is 0 Å². The lowest BCUT2D eigenvalue weighted by Gasteiger charge is -2.19. The van der Waals surface area contributed by atoms with Crippen molar-refractivity contribution in [2.75, 3.05) is 5.32 Å². The fourth-order valence-corrected chi connectivity index (χ4v) is 5.48. The number of carbonyl (C=O) groups excluding carboxylic acids is 1. The molecule has 0 radical (unpaired) electrons. The van der Waals surface area contributed by atoms with Crippen LogP contribution in [0.25, 0.3) is 0 Å². The van der Waals surface area contributed by atoms with E-state index in [1.54, 1.807) is 12.3 Å². The molecule has 0 bridgehead atoms. The summed E-state index contributed by atoms with van der Waals surface area (Å²) in [6.07, 6.45) is 12.8. The van der Waals surface area contributed by atoms with Crippen molar-refractivity contribution < 1.29 is 15.0 Å². The Labute approximate surface area is 202 Å². The van der Waals surface area contributed by atoms with Gasteiger partial charge in [-0.1, -0.05) is 59.7 Å². The van der Waals surface area contributed by atoms with E-state index in [2.05, 4.69) is 41.5 Å². The smallest absolute Gasteiger partial charge is 0.225 e. The van der Waals surface area contributed by atoms with Gasteiger partial charge in [-0.25, -0.2) is 4.98 Å². The van der Waals surface area contributed by atoms with Gasteiger partial charge in [-0.3, -0.25) is 4.79 Å². The molecule has 180 valence electrons. The van der Waals surface area contributed by atoms with E-state index < -0.39 is 6.10 Å². The summed E-state index contributed by atoms with van der Waals surface area (Å²) in [6, 6.07) is 13.7. The number of hydrogen-bond acceptors (Lipinski definition) is 4. The number of amides is 1. The largest absolute Gasteiger partial charge is 0.392 e. The predicted molar refractivity (Wildman–Crippen MR) is 135 cm³/mol. The number of carbonyl (C=O) groups is 1. The molecular formula is C29H36N2O3. The van der Waals surface area contributed by atoms with Crippen LogP contribution < -0.4 is 5.32 Å². The average molecular weight is 461 g/mol. The van der Waals surface area contributed by atoms with Crippen LogP contribution in [0.15, 0.2) is 72.5 Å². The number of anilines is 1. The molecule has 1 aromatic heterocycles. The molecule has 1 saturated carbocycles. The number of fused-ring (bicyclic) bond motifs is 1. The maximum atomic E-state index is 12.1. The first-order chi connectivity index (χ1) is 16.5. The highest BCUT2D eigenvalue weighted by atomic mass is 16.3. The summed E-state index contributed by atoms with van der Waals surface area (Å²) in [5, 5.41) is 23.9. The number of benzene rings is 1. The molecule has 0 saturated heterocycles. The van der Waals surface area contributed by atoms with Crippen LogP contribution in [0.1, 0.15) is 49.7 Å². The first-order valence-corrected chi connectivity index (χ1v) is 12.5. The number of pyridine rings is 1. The number of aromatic nitrogens is 1. The lowest BCUT2D eigenvalue weighted by Crippen LogP contribution is -2.18. The van der Waals surface area contributed by atoms with Gasteiger partial charge >= 0.3 is 0 Å². The Morgan fingerprint density at radius 1 is 1.24 bits per heavy atom. The summed E-state index contributed by atoms with van der Waals surface area (Å²) in [6.45, 7) is 2.06. The van der Waals surface area contributed by atoms with Gasteiger partial charge in [0.25, 0.3) is 0 Å². The fourth-order valence-electron chi connectivity index (χ4n) is 5.48. The highest BCUT2D eigenvalue weighted by Gasteiger charge is 2.43. The molecule has 1 fully saturated rings. The number of hydrogen-bond donors (Lipinski definition) is 3. The van der Waals surface area contributed by atoms with Gasteiger partial charge in [0.05, 0.1) is 12.2 Å². The molecule has 5 heteroatoms. The molecule has 3 N–H and O–H groups in total. The number of aryl methyl sites for hydroxylation is 1. The zero-order valence-electron chi connectivity index (χ0n) is 19.9. The second-order valence-electron chi connectivity index (χ2n) is 9.85. The summed E-state index contributed by atoms with van der Waals surface area (Å²) in [7, 11) is 0. The summed E-state index contributed by atoms with van der Waals surface area (Å²) in [5.41, 5.74) is 3.77. The van der Waals surface area contributed by atoms with Crippen molar-refractivity contribution in [1.29, 1.82) is 0 Å². The minimum atomic E-state index is -0.542. The van der Waals surface area contributed by atoms with Gasteiger partial charge in [-0.05, 0) is 68.6 Å². The minimum Gasteiger partial charge on any atom is -0.392 e. The van der Waals surface area contributed by atoms with Crippen LogP contribution in [0.4, 0.5) is 5.82 Å². The Morgan fingerprint density at radius 2 is 2.12 bits per heavy atom. The maximum absolute atomic E-state index is 12.1. The average Bonchev–Trinajstić information content (AvgIpc) is 3.32. The molecule has 34 heavy (non-hydrogen) atoms. The van der Waals surface area contributed by atoms with Gasteiger partial charge in [-0.15, -0.1) is 0 Å². The first kappa shape index (κ1) is 24.4. The monoisotopic (exact) mass is 460 g/mol. The van der Waals surface area contributed by atoms with Crippen LogP contribution in [0.2, 0.25) is 0 Å². The molecule has 2 aliphatic rings. The Kier molecular flexibility index (Phi) is 8.30. The van der Waals surface area contributed by atoms with E-state index >= 15 is 0 Å². The summed E-state index contributed by atoms with van der Waals surface area (Å²) >= 11 is 0. The van der Waals surface area contributed by atoms with Crippen LogP contribution in [-0.2, 0) is 11.2 Å². The molecule has 5 nitrogen and oxygen atoms in total. The van der Waals surface area contributed by atoms with E-state index in [0.29, 0.717) is 30.5 Å². The van der Waals surface area contributed by atoms with E-state index in [-0.39, 0.29) is 17.9 Å². The lowest BCUT2D eigenvalue weighted by molar-refractivity contribution is -0.116. The zero-order chi connectivity index (χ0) is 23.9. The Balaban J connectivity index is 1.20. The van der Waals surface area contributed by atoms with Crippen molar-refractivity contribution in [2.45, 2.75) is 64.1 Å². The standard InChI is InChI=1S/C29H36N2O3/c1-20-7-6-9-21(15-20)17-24(32)12-13-25-26-18-22(16-23(26)19-27(25)33)8-2-3-11-29(34)31-28-10-4-5-14-30-28/h4-7,9-10,12-16,23-27,32-33H,2-3,8,11,17-19H2,1H3,(H,30,31,34)/t23-,24+,25+,26-,27+/m0/s1. The van der Waals surface area contributed by atoms with Crippen LogP contribution in [0.3, 0.4) is 0 Å². The molecule has 0 unspecified atom stereocenters. The third-order valence-corrected chi connectivity index (χ3v) is 7.12. The predicted octanol–water partition coefficient (Wildman–Crippen LogP) is 4.99. The number of nitrogens with one attached hydrogen (secondary N) is 1. The van der Waals surface area contributed by atoms with Crippen molar-refractivity contribution in [3.63, 3.8) is 0 Å². The van der Waals surface area contributed by atoms with Crippen LogP contribution in [-0.4, -0.2) is 33.3 Å². The summed E-state index contributed by atoms with van der Waals surface area (Å²) < 4.78 is 0. The second kappa shape index (κ2) is 11.6. The molecule has 1 amide bonds. The van der Waals surface area contributed by atoms with E-state index in [4.69, 9.17) is 0 Å². The third kappa shape index (κ3) is 6.64. The van der Waals surface area contributed by atoms with E-state index in [1.807, 2.05) is 30.3 Å². The Morgan fingerprint density at radius 3 is 2.91 bits per heavy atom. The number of nitrogens with zero attached hydrogens (tertiary/aromatic N) is 1. The lowest BCUT2D eigenvalue weighted by atomic mass is 9.88. The van der Waals surface area contributed by atoms with Crippen molar-refractivity contribution in [2.24, 2.45) is 17.8 Å². The van der Waals surface area contributed by atoms with Crippen molar-refractivity contribution in [3.05, 3.63) is 83.6 Å². The summed E-state index contributed by atoms with van der Waals surface area (Å²) in [4.78, 5) is 16.2. The van der Waals surface area contributed by atoms with E-state index in [9.17, 15) is 15.0 Å². The van der Waals surface area contributed by atoms with Gasteiger partial charge in [0.2, 0.25) is 5.91 Å². The first-order valence-electron chi connectivity index (χ1n) is 12.5. The molecular weight excluding hydrogens is 424 g/mol. The number of unbranched alkanes of at least 4 members (excludes halogenated alkanes) is 1. The Bertz CT molecular complexity index is 1020. The molecule has 0 spiro atoms. The quantitative estimate of drug-likeness (QED) is 0.345. The Hall–Kier alpha value is -2.76. The minimum absolute atomic E-state index is 0.00788. The van der Waals surface area contributed by atoms with Crippen molar-refractivity contribution >= 4 is 11.7 Å². The zero-order valence-corrected chi connectivity index (χ0v) is 19.9. The molecule has 1 heterocycles. The number of allylic oxidation sites excluding steroid dienone is 2. The van der Waals surface area contributed by atoms with E-state index in [1.165, 1.54) is 11.1 Å². The molecule has 0 aliphatic heterocycles. The van der Waals surface area contributed by atoms with Gasteiger partial charge in [0, 0.05) is 25.0 Å². The number of aliphatic hydroxyl groups is 2. The second-order valence-corrected chi connectivity index (χ2v) is 9.85. The normalized spacial score (nSPS) is 24.7.